The summed E-state index contributed by atoms with van der Waals surface area (Å²) < 4.78 is 39.3. The first-order valence-electron chi connectivity index (χ1n) is 7.94. The predicted octanol–water partition coefficient (Wildman–Crippen LogP) is 3.62. The molecule has 0 aliphatic carbocycles. The van der Waals surface area contributed by atoms with E-state index in [0.29, 0.717) is 17.5 Å². The van der Waals surface area contributed by atoms with Crippen molar-refractivity contribution in [1.29, 1.82) is 0 Å². The molecule has 0 N–H and O–H groups in total. The number of hydrogen-bond acceptors (Lipinski definition) is 2. The third-order valence-electron chi connectivity index (χ3n) is 5.09. The van der Waals surface area contributed by atoms with E-state index in [1.165, 1.54) is 25.0 Å². The molecule has 0 aromatic heterocycles. The molecule has 0 saturated carbocycles. The Hall–Kier alpha value is -1.07. The summed E-state index contributed by atoms with van der Waals surface area (Å²) >= 11 is 0. The third kappa shape index (κ3) is 3.30. The van der Waals surface area contributed by atoms with E-state index in [1.54, 1.807) is 12.1 Å². The normalized spacial score (nSPS) is 27.6. The fraction of sp³-hybridized carbons (Fsp3) is 0.647. The van der Waals surface area contributed by atoms with Gasteiger partial charge in [-0.05, 0) is 56.4 Å². The average Bonchev–Trinajstić information content (AvgIpc) is 2.80. The van der Waals surface area contributed by atoms with E-state index in [1.807, 2.05) is 0 Å². The molecule has 2 heterocycles. The third-order valence-corrected chi connectivity index (χ3v) is 5.09. The number of piperidine rings is 1. The molecule has 3 rings (SSSR count). The molecule has 1 aromatic rings. The highest BCUT2D eigenvalue weighted by Crippen LogP contribution is 2.40. The highest BCUT2D eigenvalue weighted by Gasteiger charge is 2.41. The van der Waals surface area contributed by atoms with Crippen LogP contribution in [0.2, 0.25) is 0 Å². The zero-order chi connectivity index (χ0) is 15.8. The first-order valence-corrected chi connectivity index (χ1v) is 7.94. The Morgan fingerprint density at radius 3 is 2.59 bits per heavy atom. The summed E-state index contributed by atoms with van der Waals surface area (Å²) in [6.07, 6.45) is -0.761. The Labute approximate surface area is 129 Å². The molecule has 2 aliphatic rings. The van der Waals surface area contributed by atoms with Gasteiger partial charge in [0, 0.05) is 19.6 Å². The van der Waals surface area contributed by atoms with Crippen molar-refractivity contribution in [2.75, 3.05) is 33.2 Å². The van der Waals surface area contributed by atoms with E-state index in [-0.39, 0.29) is 0 Å². The molecule has 22 heavy (non-hydrogen) atoms. The molecule has 2 nitrogen and oxygen atoms in total. The van der Waals surface area contributed by atoms with Crippen molar-refractivity contribution in [1.82, 2.24) is 9.80 Å². The number of rotatable bonds is 2. The lowest BCUT2D eigenvalue weighted by molar-refractivity contribution is -0.138. The van der Waals surface area contributed by atoms with Crippen LogP contribution >= 0.6 is 0 Å². The molecular weight excluding hydrogens is 289 g/mol. The zero-order valence-electron chi connectivity index (χ0n) is 13.0. The van der Waals surface area contributed by atoms with E-state index in [2.05, 4.69) is 16.8 Å². The van der Waals surface area contributed by atoms with Gasteiger partial charge in [0.2, 0.25) is 0 Å². The maximum absolute atomic E-state index is 13.1. The molecular formula is C17H23F3N2. The second-order valence-corrected chi connectivity index (χ2v) is 6.96. The second kappa shape index (κ2) is 5.85. The van der Waals surface area contributed by atoms with Crippen LogP contribution < -0.4 is 0 Å². The summed E-state index contributed by atoms with van der Waals surface area (Å²) in [5.41, 5.74) is 0.202. The van der Waals surface area contributed by atoms with E-state index in [0.717, 1.165) is 32.6 Å². The lowest BCUT2D eigenvalue weighted by Gasteiger charge is -2.38. The summed E-state index contributed by atoms with van der Waals surface area (Å²) in [7, 11) is 2.14. The Kier molecular flexibility index (Phi) is 4.21. The van der Waals surface area contributed by atoms with Crippen LogP contribution in [0.4, 0.5) is 13.2 Å². The first-order chi connectivity index (χ1) is 10.4. The van der Waals surface area contributed by atoms with E-state index >= 15 is 0 Å². The summed E-state index contributed by atoms with van der Waals surface area (Å²) in [5, 5.41) is 0. The molecule has 2 fully saturated rings. The monoisotopic (exact) mass is 312 g/mol. The maximum atomic E-state index is 13.1. The van der Waals surface area contributed by atoms with Crippen LogP contribution in [0.25, 0.3) is 0 Å². The fourth-order valence-corrected chi connectivity index (χ4v) is 4.13. The molecule has 0 amide bonds. The summed E-state index contributed by atoms with van der Waals surface area (Å²) in [4.78, 5) is 4.56. The molecule has 1 aromatic carbocycles. The number of halogens is 3. The van der Waals surface area contributed by atoms with Crippen molar-refractivity contribution < 1.29 is 13.2 Å². The molecule has 5 heteroatoms. The van der Waals surface area contributed by atoms with E-state index in [9.17, 15) is 13.2 Å². The molecule has 122 valence electrons. The highest BCUT2D eigenvalue weighted by atomic mass is 19.4. The average molecular weight is 312 g/mol. The zero-order valence-corrected chi connectivity index (χ0v) is 13.0. The van der Waals surface area contributed by atoms with Crippen molar-refractivity contribution in [2.45, 2.75) is 32.0 Å². The molecule has 2 aliphatic heterocycles. The van der Waals surface area contributed by atoms with Crippen LogP contribution in [0.3, 0.4) is 0 Å². The smallest absolute Gasteiger partial charge is 0.306 e. The fourth-order valence-electron chi connectivity index (χ4n) is 4.13. The Bertz CT molecular complexity index is 529. The Morgan fingerprint density at radius 1 is 1.09 bits per heavy atom. The first kappa shape index (κ1) is 15.8. The van der Waals surface area contributed by atoms with Gasteiger partial charge in [-0.1, -0.05) is 18.2 Å². The summed E-state index contributed by atoms with van der Waals surface area (Å²) in [6, 6.07) is 5.97. The van der Waals surface area contributed by atoms with Crippen molar-refractivity contribution in [3.05, 3.63) is 35.4 Å². The molecule has 1 unspecified atom stereocenters. The van der Waals surface area contributed by atoms with Crippen molar-refractivity contribution in [2.24, 2.45) is 5.41 Å². The van der Waals surface area contributed by atoms with Gasteiger partial charge in [-0.2, -0.15) is 13.2 Å². The van der Waals surface area contributed by atoms with Gasteiger partial charge in [-0.3, -0.25) is 4.90 Å². The second-order valence-electron chi connectivity index (χ2n) is 6.96. The van der Waals surface area contributed by atoms with Crippen molar-refractivity contribution in [3.63, 3.8) is 0 Å². The minimum absolute atomic E-state index is 0.292. The van der Waals surface area contributed by atoms with Gasteiger partial charge in [0.15, 0.2) is 0 Å². The van der Waals surface area contributed by atoms with Crippen molar-refractivity contribution >= 4 is 0 Å². The predicted molar refractivity (Wildman–Crippen MR) is 80.5 cm³/mol. The van der Waals surface area contributed by atoms with Crippen LogP contribution in [0.5, 0.6) is 0 Å². The van der Waals surface area contributed by atoms with Gasteiger partial charge in [0.25, 0.3) is 0 Å². The lowest BCUT2D eigenvalue weighted by Crippen LogP contribution is -2.42. The van der Waals surface area contributed by atoms with Crippen LogP contribution in [0.15, 0.2) is 24.3 Å². The number of nitrogens with zero attached hydrogens (tertiary/aromatic N) is 2. The van der Waals surface area contributed by atoms with Crippen LogP contribution in [0.1, 0.15) is 30.4 Å². The van der Waals surface area contributed by atoms with E-state index < -0.39 is 11.7 Å². The highest BCUT2D eigenvalue weighted by molar-refractivity contribution is 5.29. The Morgan fingerprint density at radius 2 is 1.86 bits per heavy atom. The maximum Gasteiger partial charge on any atom is 0.416 e. The topological polar surface area (TPSA) is 6.48 Å². The van der Waals surface area contributed by atoms with Crippen molar-refractivity contribution in [3.8, 4) is 0 Å². The minimum atomic E-state index is -4.26. The van der Waals surface area contributed by atoms with Gasteiger partial charge in [-0.25, -0.2) is 0 Å². The number of likely N-dealkylation sites (tertiary alicyclic amines) is 2. The minimum Gasteiger partial charge on any atom is -0.306 e. The van der Waals surface area contributed by atoms with Gasteiger partial charge in [0.05, 0.1) is 5.56 Å². The number of alkyl halides is 3. The Balaban J connectivity index is 1.71. The standard InChI is InChI=1S/C17H23F3N2/c1-21-9-4-7-16(12-21)8-10-22(13-16)11-14-5-2-3-6-15(14)17(18,19)20/h2-3,5-6H,4,7-13H2,1H3. The molecule has 1 atom stereocenters. The van der Waals surface area contributed by atoms with Crippen LogP contribution in [-0.2, 0) is 12.7 Å². The van der Waals surface area contributed by atoms with Crippen LogP contribution in [-0.4, -0.2) is 43.0 Å². The molecule has 1 spiro atoms. The van der Waals surface area contributed by atoms with Gasteiger partial charge >= 0.3 is 6.18 Å². The van der Waals surface area contributed by atoms with Crippen LogP contribution in [0, 0.1) is 5.41 Å². The molecule has 0 bridgehead atoms. The lowest BCUT2D eigenvalue weighted by atomic mass is 9.79. The summed E-state index contributed by atoms with van der Waals surface area (Å²) in [5.74, 6) is 0. The molecule has 2 saturated heterocycles. The SMILES string of the molecule is CN1CCCC2(CCN(Cc3ccccc3C(F)(F)F)C2)C1. The largest absolute Gasteiger partial charge is 0.416 e. The number of hydrogen-bond donors (Lipinski definition) is 0. The quantitative estimate of drug-likeness (QED) is 0.823. The van der Waals surface area contributed by atoms with Gasteiger partial charge < -0.3 is 4.90 Å². The van der Waals surface area contributed by atoms with Gasteiger partial charge in [-0.15, -0.1) is 0 Å². The van der Waals surface area contributed by atoms with Gasteiger partial charge in [0.1, 0.15) is 0 Å². The van der Waals surface area contributed by atoms with E-state index in [4.69, 9.17) is 0 Å². The molecule has 0 radical (unpaired) electrons. The number of benzene rings is 1. The summed E-state index contributed by atoms with van der Waals surface area (Å²) in [6.45, 7) is 4.44.